The molecule has 0 aromatic heterocycles. The van der Waals surface area contributed by atoms with Crippen LogP contribution in [-0.4, -0.2) is 37.7 Å². The molecule has 0 spiro atoms. The van der Waals surface area contributed by atoms with Crippen molar-refractivity contribution < 1.29 is 18.7 Å². The van der Waals surface area contributed by atoms with Gasteiger partial charge in [-0.3, -0.25) is 9.69 Å². The van der Waals surface area contributed by atoms with Crippen LogP contribution in [0, 0.1) is 18.2 Å². The Kier molecular flexibility index (Phi) is 6.47. The first kappa shape index (κ1) is 20.4. The number of benzene rings is 2. The fourth-order valence-electron chi connectivity index (χ4n) is 3.08. The van der Waals surface area contributed by atoms with Gasteiger partial charge >= 0.3 is 6.09 Å². The molecule has 7 heteroatoms. The molecule has 0 radical (unpaired) electrons. The molecule has 6 nitrogen and oxygen atoms in total. The van der Waals surface area contributed by atoms with Crippen molar-refractivity contribution in [2.24, 2.45) is 0 Å². The fraction of sp³-hybridized carbons (Fsp3) is 0.273. The van der Waals surface area contributed by atoms with Gasteiger partial charge in [0.1, 0.15) is 11.9 Å². The maximum atomic E-state index is 14.7. The first-order chi connectivity index (χ1) is 14.0. The number of anilines is 1. The first-order valence-corrected chi connectivity index (χ1v) is 9.23. The average molecular weight is 395 g/mol. The van der Waals surface area contributed by atoms with Crippen molar-refractivity contribution in [2.75, 3.05) is 24.5 Å². The van der Waals surface area contributed by atoms with Gasteiger partial charge in [0.2, 0.25) is 5.91 Å². The molecule has 3 rings (SSSR count). The lowest BCUT2D eigenvalue weighted by Crippen LogP contribution is -2.33. The SMILES string of the molecule is C#CCNCc1ccc(-c2ccc(N3C[C@H](CNC(C)=O)OC3=O)cc2F)cc1. The molecular formula is C22H22FN3O3. The van der Waals surface area contributed by atoms with Crippen molar-refractivity contribution in [3.05, 3.63) is 53.8 Å². The Balaban J connectivity index is 1.69. The lowest BCUT2D eigenvalue weighted by Gasteiger charge is -2.14. The van der Waals surface area contributed by atoms with Gasteiger partial charge in [0.05, 0.1) is 25.3 Å². The van der Waals surface area contributed by atoms with E-state index in [1.807, 2.05) is 24.3 Å². The summed E-state index contributed by atoms with van der Waals surface area (Å²) in [5.41, 5.74) is 2.64. The summed E-state index contributed by atoms with van der Waals surface area (Å²) >= 11 is 0. The number of cyclic esters (lactones) is 1. The van der Waals surface area contributed by atoms with Gasteiger partial charge in [0.25, 0.3) is 0 Å². The summed E-state index contributed by atoms with van der Waals surface area (Å²) in [5.74, 6) is 1.88. The number of nitrogens with one attached hydrogen (secondary N) is 2. The Morgan fingerprint density at radius 1 is 1.31 bits per heavy atom. The minimum Gasteiger partial charge on any atom is -0.442 e. The third-order valence-electron chi connectivity index (χ3n) is 4.54. The molecule has 0 saturated carbocycles. The predicted molar refractivity (Wildman–Crippen MR) is 109 cm³/mol. The van der Waals surface area contributed by atoms with Crippen LogP contribution >= 0.6 is 0 Å². The normalized spacial score (nSPS) is 15.7. The molecule has 0 aliphatic carbocycles. The molecule has 2 amide bonds. The standard InChI is InChI=1S/C22H22FN3O3/c1-3-10-24-12-16-4-6-17(7-5-16)20-9-8-18(11-21(20)23)26-14-19(29-22(26)28)13-25-15(2)27/h1,4-9,11,19,24H,10,12-14H2,2H3,(H,25,27)/t19-/m0/s1. The molecule has 29 heavy (non-hydrogen) atoms. The maximum Gasteiger partial charge on any atom is 0.414 e. The highest BCUT2D eigenvalue weighted by Gasteiger charge is 2.32. The van der Waals surface area contributed by atoms with Crippen molar-refractivity contribution in [1.82, 2.24) is 10.6 Å². The summed E-state index contributed by atoms with van der Waals surface area (Å²) in [6.07, 6.45) is 4.18. The molecule has 1 saturated heterocycles. The summed E-state index contributed by atoms with van der Waals surface area (Å²) in [6, 6.07) is 12.2. The summed E-state index contributed by atoms with van der Waals surface area (Å²) < 4.78 is 20.0. The Hall–Kier alpha value is -3.37. The van der Waals surface area contributed by atoms with E-state index in [1.54, 1.807) is 12.1 Å². The highest BCUT2D eigenvalue weighted by atomic mass is 19.1. The largest absolute Gasteiger partial charge is 0.442 e. The zero-order valence-corrected chi connectivity index (χ0v) is 16.1. The van der Waals surface area contributed by atoms with Gasteiger partial charge in [-0.05, 0) is 29.3 Å². The van der Waals surface area contributed by atoms with E-state index < -0.39 is 18.0 Å². The quantitative estimate of drug-likeness (QED) is 0.559. The lowest BCUT2D eigenvalue weighted by atomic mass is 10.0. The molecule has 0 unspecified atom stereocenters. The Labute approximate surface area is 169 Å². The van der Waals surface area contributed by atoms with Crippen LogP contribution < -0.4 is 15.5 Å². The number of amides is 2. The van der Waals surface area contributed by atoms with E-state index in [4.69, 9.17) is 11.2 Å². The molecule has 150 valence electrons. The second-order valence-corrected chi connectivity index (χ2v) is 6.72. The lowest BCUT2D eigenvalue weighted by molar-refractivity contribution is -0.119. The molecule has 1 fully saturated rings. The van der Waals surface area contributed by atoms with Crippen LogP contribution in [0.1, 0.15) is 12.5 Å². The fourth-order valence-corrected chi connectivity index (χ4v) is 3.08. The van der Waals surface area contributed by atoms with Crippen molar-refractivity contribution in [1.29, 1.82) is 0 Å². The van der Waals surface area contributed by atoms with Crippen LogP contribution in [0.15, 0.2) is 42.5 Å². The zero-order chi connectivity index (χ0) is 20.8. The van der Waals surface area contributed by atoms with E-state index in [1.165, 1.54) is 17.9 Å². The number of carbonyl (C=O) groups excluding carboxylic acids is 2. The first-order valence-electron chi connectivity index (χ1n) is 9.23. The second-order valence-electron chi connectivity index (χ2n) is 6.72. The van der Waals surface area contributed by atoms with Crippen LogP contribution in [0.5, 0.6) is 0 Å². The van der Waals surface area contributed by atoms with Crippen molar-refractivity contribution in [2.45, 2.75) is 19.6 Å². The summed E-state index contributed by atoms with van der Waals surface area (Å²) in [4.78, 5) is 24.5. The molecule has 1 atom stereocenters. The molecule has 1 aliphatic heterocycles. The third-order valence-corrected chi connectivity index (χ3v) is 4.54. The van der Waals surface area contributed by atoms with E-state index in [2.05, 4.69) is 16.6 Å². The highest BCUT2D eigenvalue weighted by Crippen LogP contribution is 2.29. The smallest absolute Gasteiger partial charge is 0.414 e. The number of rotatable bonds is 7. The number of hydrogen-bond donors (Lipinski definition) is 2. The van der Waals surface area contributed by atoms with Crippen molar-refractivity contribution >= 4 is 17.7 Å². The highest BCUT2D eigenvalue weighted by molar-refractivity contribution is 5.90. The van der Waals surface area contributed by atoms with Crippen LogP contribution in [0.3, 0.4) is 0 Å². The number of halogens is 1. The van der Waals surface area contributed by atoms with Gasteiger partial charge in [-0.2, -0.15) is 0 Å². The average Bonchev–Trinajstić information content (AvgIpc) is 3.08. The van der Waals surface area contributed by atoms with Gasteiger partial charge in [0, 0.05) is 19.0 Å². The van der Waals surface area contributed by atoms with Gasteiger partial charge in [-0.1, -0.05) is 30.2 Å². The number of hydrogen-bond acceptors (Lipinski definition) is 4. The van der Waals surface area contributed by atoms with E-state index in [9.17, 15) is 14.0 Å². The van der Waals surface area contributed by atoms with E-state index in [-0.39, 0.29) is 19.0 Å². The van der Waals surface area contributed by atoms with Gasteiger partial charge in [0.15, 0.2) is 0 Å². The van der Waals surface area contributed by atoms with Gasteiger partial charge in [-0.15, -0.1) is 6.42 Å². The minimum absolute atomic E-state index is 0.201. The number of terminal acetylenes is 1. The van der Waals surface area contributed by atoms with Crippen molar-refractivity contribution in [3.63, 3.8) is 0 Å². The summed E-state index contributed by atoms with van der Waals surface area (Å²) in [7, 11) is 0. The molecular weight excluding hydrogens is 373 g/mol. The predicted octanol–water partition coefficient (Wildman–Crippen LogP) is 2.68. The monoisotopic (exact) mass is 395 g/mol. The third kappa shape index (κ3) is 5.12. The Morgan fingerprint density at radius 3 is 2.72 bits per heavy atom. The topological polar surface area (TPSA) is 70.7 Å². The number of nitrogens with zero attached hydrogens (tertiary/aromatic N) is 1. The molecule has 0 bridgehead atoms. The van der Waals surface area contributed by atoms with Crippen LogP contribution in [-0.2, 0) is 16.1 Å². The van der Waals surface area contributed by atoms with Crippen LogP contribution in [0.2, 0.25) is 0 Å². The molecule has 2 N–H and O–H groups in total. The van der Waals surface area contributed by atoms with E-state index >= 15 is 0 Å². The summed E-state index contributed by atoms with van der Waals surface area (Å²) in [6.45, 7) is 2.99. The van der Waals surface area contributed by atoms with Gasteiger partial charge < -0.3 is 15.4 Å². The molecule has 2 aromatic rings. The molecule has 2 aromatic carbocycles. The Bertz CT molecular complexity index is 937. The Morgan fingerprint density at radius 2 is 2.07 bits per heavy atom. The zero-order valence-electron chi connectivity index (χ0n) is 16.1. The van der Waals surface area contributed by atoms with Gasteiger partial charge in [-0.25, -0.2) is 9.18 Å². The van der Waals surface area contributed by atoms with Crippen molar-refractivity contribution in [3.8, 4) is 23.5 Å². The molecule has 1 aliphatic rings. The maximum absolute atomic E-state index is 14.7. The van der Waals surface area contributed by atoms with Crippen LogP contribution in [0.4, 0.5) is 14.9 Å². The summed E-state index contributed by atoms with van der Waals surface area (Å²) in [5, 5.41) is 5.71. The molecule has 1 heterocycles. The van der Waals surface area contributed by atoms with E-state index in [0.717, 1.165) is 11.1 Å². The number of carbonyl (C=O) groups is 2. The number of ether oxygens (including phenoxy) is 1. The minimum atomic E-state index is -0.559. The second kappa shape index (κ2) is 9.22. The van der Waals surface area contributed by atoms with Crippen LogP contribution in [0.25, 0.3) is 11.1 Å². The van der Waals surface area contributed by atoms with E-state index in [0.29, 0.717) is 24.3 Å².